The van der Waals surface area contributed by atoms with Crippen molar-refractivity contribution in [1.29, 1.82) is 0 Å². The Hall–Kier alpha value is -0.670. The molecule has 1 aliphatic rings. The van der Waals surface area contributed by atoms with Crippen LogP contribution in [0.2, 0.25) is 0 Å². The maximum absolute atomic E-state index is 12.2. The lowest BCUT2D eigenvalue weighted by Gasteiger charge is -2.42. The van der Waals surface area contributed by atoms with E-state index >= 15 is 0 Å². The normalized spacial score (nSPS) is 16.9. The Balaban J connectivity index is 0.00000338. The molecule has 0 aliphatic heterocycles. The van der Waals surface area contributed by atoms with Crippen LogP contribution < -0.4 is 10.6 Å². The smallest absolute Gasteiger partial charge is 0.191 e. The van der Waals surface area contributed by atoms with Gasteiger partial charge in [-0.15, -0.1) is 24.0 Å². The van der Waals surface area contributed by atoms with Crippen LogP contribution >= 0.6 is 24.0 Å². The summed E-state index contributed by atoms with van der Waals surface area (Å²) in [7, 11) is 2.67. The van der Waals surface area contributed by atoms with E-state index in [-0.39, 0.29) is 24.0 Å². The number of benzene rings is 1. The average molecular weight is 493 g/mol. The van der Waals surface area contributed by atoms with E-state index in [0.29, 0.717) is 23.5 Å². The number of hydrogen-bond acceptors (Lipinski definition) is 3. The summed E-state index contributed by atoms with van der Waals surface area (Å²) in [5.41, 5.74) is 1.47. The summed E-state index contributed by atoms with van der Waals surface area (Å²) in [6.07, 6.45) is 4.90. The van der Waals surface area contributed by atoms with E-state index in [4.69, 9.17) is 4.74 Å². The lowest BCUT2D eigenvalue weighted by molar-refractivity contribution is 0.0733. The fraction of sp³-hybridized carbons (Fsp3) is 0.632. The Morgan fingerprint density at radius 2 is 2.00 bits per heavy atom. The molecule has 0 bridgehead atoms. The number of nitrogens with one attached hydrogen (secondary N) is 2. The van der Waals surface area contributed by atoms with Gasteiger partial charge in [-0.3, -0.25) is 9.20 Å². The van der Waals surface area contributed by atoms with Gasteiger partial charge in [-0.05, 0) is 30.2 Å². The molecule has 1 unspecified atom stereocenters. The van der Waals surface area contributed by atoms with E-state index in [1.54, 1.807) is 14.2 Å². The number of halogens is 1. The second-order valence-electron chi connectivity index (χ2n) is 6.72. The molecule has 1 fully saturated rings. The molecule has 148 valence electrons. The molecule has 5 nitrogen and oxygen atoms in total. The number of guanidine groups is 1. The number of methoxy groups -OCH3 is 1. The maximum atomic E-state index is 12.2. The molecular formula is C19H32IN3O2S. The van der Waals surface area contributed by atoms with E-state index in [0.717, 1.165) is 31.1 Å². The van der Waals surface area contributed by atoms with Crippen molar-refractivity contribution >= 4 is 40.7 Å². The molecule has 0 amide bonds. The van der Waals surface area contributed by atoms with Crippen LogP contribution in [-0.4, -0.2) is 49.8 Å². The molecule has 1 saturated carbocycles. The second kappa shape index (κ2) is 12.7. The summed E-state index contributed by atoms with van der Waals surface area (Å²) in [5.74, 6) is 2.01. The number of rotatable bonds is 10. The van der Waals surface area contributed by atoms with Crippen LogP contribution in [0.1, 0.15) is 31.2 Å². The number of nitrogens with zero attached hydrogens (tertiary/aromatic N) is 1. The highest BCUT2D eigenvalue weighted by Gasteiger charge is 2.36. The van der Waals surface area contributed by atoms with Gasteiger partial charge in [-0.25, -0.2) is 0 Å². The van der Waals surface area contributed by atoms with E-state index < -0.39 is 10.8 Å². The molecule has 7 heteroatoms. The van der Waals surface area contributed by atoms with Crippen LogP contribution in [0.3, 0.4) is 0 Å². The van der Waals surface area contributed by atoms with Crippen LogP contribution in [-0.2, 0) is 21.3 Å². The third-order valence-corrected chi connectivity index (χ3v) is 6.21. The van der Waals surface area contributed by atoms with E-state index in [9.17, 15) is 4.21 Å². The van der Waals surface area contributed by atoms with Crippen molar-refractivity contribution in [3.05, 3.63) is 35.9 Å². The molecule has 0 aromatic heterocycles. The lowest BCUT2D eigenvalue weighted by atomic mass is 9.67. The van der Waals surface area contributed by atoms with Gasteiger partial charge in [0.05, 0.1) is 0 Å². The quantitative estimate of drug-likeness (QED) is 0.299. The zero-order valence-electron chi connectivity index (χ0n) is 15.8. The van der Waals surface area contributed by atoms with Gasteiger partial charge in [-0.1, -0.05) is 36.8 Å². The zero-order chi connectivity index (χ0) is 18.0. The highest BCUT2D eigenvalue weighted by Crippen LogP contribution is 2.43. The Bertz CT molecular complexity index is 565. The first-order valence-electron chi connectivity index (χ1n) is 9.00. The fourth-order valence-corrected chi connectivity index (χ4v) is 4.16. The summed E-state index contributed by atoms with van der Waals surface area (Å²) in [6, 6.07) is 9.98. The lowest BCUT2D eigenvalue weighted by Crippen LogP contribution is -2.47. The minimum atomic E-state index is -0.867. The first-order valence-corrected chi connectivity index (χ1v) is 10.5. The van der Waals surface area contributed by atoms with Crippen molar-refractivity contribution in [2.24, 2.45) is 10.4 Å². The van der Waals surface area contributed by atoms with Crippen molar-refractivity contribution in [2.75, 3.05) is 39.6 Å². The van der Waals surface area contributed by atoms with Crippen LogP contribution in [0.25, 0.3) is 0 Å². The minimum absolute atomic E-state index is 0. The molecule has 0 radical (unpaired) electrons. The van der Waals surface area contributed by atoms with Crippen molar-refractivity contribution in [1.82, 2.24) is 10.6 Å². The van der Waals surface area contributed by atoms with Crippen molar-refractivity contribution in [2.45, 2.75) is 31.4 Å². The van der Waals surface area contributed by atoms with Gasteiger partial charge in [0.25, 0.3) is 0 Å². The molecule has 0 spiro atoms. The third kappa shape index (κ3) is 7.92. The van der Waals surface area contributed by atoms with Crippen molar-refractivity contribution in [3.63, 3.8) is 0 Å². The summed E-state index contributed by atoms with van der Waals surface area (Å²) in [5, 5.41) is 6.71. The van der Waals surface area contributed by atoms with Gasteiger partial charge in [0.15, 0.2) is 5.96 Å². The summed E-state index contributed by atoms with van der Waals surface area (Å²) < 4.78 is 17.4. The van der Waals surface area contributed by atoms with Gasteiger partial charge in [0.2, 0.25) is 0 Å². The SMILES string of the molecule is CN=C(NCCS(=O)Cc1ccccc1)NCC1(CCOC)CCC1.I. The Labute approximate surface area is 177 Å². The molecule has 1 aromatic rings. The molecule has 1 aromatic carbocycles. The standard InChI is InChI=1S/C19H31N3O2S.HI/c1-20-18(22-16-19(9-6-10-19)11-13-24-2)21-12-14-25(23)15-17-7-4-3-5-8-17;/h3-5,7-8H,6,9-16H2,1-2H3,(H2,20,21,22);1H. The number of ether oxygens (including phenoxy) is 1. The Morgan fingerprint density at radius 1 is 1.27 bits per heavy atom. The van der Waals surface area contributed by atoms with E-state index in [1.807, 2.05) is 30.3 Å². The van der Waals surface area contributed by atoms with Crippen LogP contribution in [0, 0.1) is 5.41 Å². The summed E-state index contributed by atoms with van der Waals surface area (Å²) >= 11 is 0. The molecular weight excluding hydrogens is 461 g/mol. The van der Waals surface area contributed by atoms with Crippen LogP contribution in [0.5, 0.6) is 0 Å². The molecule has 0 heterocycles. The monoisotopic (exact) mass is 493 g/mol. The summed E-state index contributed by atoms with van der Waals surface area (Å²) in [4.78, 5) is 4.27. The van der Waals surface area contributed by atoms with E-state index in [1.165, 1.54) is 19.3 Å². The highest BCUT2D eigenvalue weighted by molar-refractivity contribution is 14.0. The third-order valence-electron chi connectivity index (χ3n) is 4.90. The molecule has 26 heavy (non-hydrogen) atoms. The van der Waals surface area contributed by atoms with Crippen LogP contribution in [0.15, 0.2) is 35.3 Å². The topological polar surface area (TPSA) is 62.7 Å². The van der Waals surface area contributed by atoms with Crippen molar-refractivity contribution in [3.8, 4) is 0 Å². The largest absolute Gasteiger partial charge is 0.385 e. The van der Waals surface area contributed by atoms with Gasteiger partial charge in [-0.2, -0.15) is 0 Å². The van der Waals surface area contributed by atoms with Gasteiger partial charge in [0, 0.05) is 56.2 Å². The second-order valence-corrected chi connectivity index (χ2v) is 8.30. The molecule has 0 saturated heterocycles. The van der Waals surface area contributed by atoms with Gasteiger partial charge in [0.1, 0.15) is 0 Å². The Kier molecular flexibility index (Phi) is 11.4. The van der Waals surface area contributed by atoms with Crippen LogP contribution in [0.4, 0.5) is 0 Å². The molecule has 1 aliphatic carbocycles. The number of hydrogen-bond donors (Lipinski definition) is 2. The minimum Gasteiger partial charge on any atom is -0.385 e. The Morgan fingerprint density at radius 3 is 2.58 bits per heavy atom. The fourth-order valence-electron chi connectivity index (χ4n) is 3.12. The number of aliphatic imine (C=N–C) groups is 1. The predicted molar refractivity (Wildman–Crippen MR) is 121 cm³/mol. The predicted octanol–water partition coefficient (Wildman–Crippen LogP) is 2.93. The van der Waals surface area contributed by atoms with E-state index in [2.05, 4.69) is 15.6 Å². The van der Waals surface area contributed by atoms with Gasteiger partial charge >= 0.3 is 0 Å². The molecule has 1 atom stereocenters. The molecule has 2 rings (SSSR count). The zero-order valence-corrected chi connectivity index (χ0v) is 19.0. The molecule has 2 N–H and O–H groups in total. The highest BCUT2D eigenvalue weighted by atomic mass is 127. The first kappa shape index (κ1) is 23.4. The first-order chi connectivity index (χ1) is 12.2. The maximum Gasteiger partial charge on any atom is 0.191 e. The van der Waals surface area contributed by atoms with Gasteiger partial charge < -0.3 is 15.4 Å². The average Bonchev–Trinajstić information content (AvgIpc) is 2.59. The van der Waals surface area contributed by atoms with Crippen molar-refractivity contribution < 1.29 is 8.95 Å². The summed E-state index contributed by atoms with van der Waals surface area (Å²) in [6.45, 7) is 2.39.